The first-order valence-electron chi connectivity index (χ1n) is 7.13. The summed E-state index contributed by atoms with van der Waals surface area (Å²) in [6.45, 7) is 0. The molecule has 1 aliphatic rings. The average Bonchev–Trinajstić information content (AvgIpc) is 2.49. The number of hydrogen-bond acceptors (Lipinski definition) is 4. The monoisotopic (exact) mass is 303 g/mol. The van der Waals surface area contributed by atoms with Crippen molar-refractivity contribution >= 4 is 28.1 Å². The minimum Gasteiger partial charge on any atom is -0.391 e. The summed E-state index contributed by atoms with van der Waals surface area (Å²) in [5, 5.41) is 13.6. The van der Waals surface area contributed by atoms with Crippen LogP contribution in [0.3, 0.4) is 0 Å². The molecule has 1 saturated carbocycles. The van der Waals surface area contributed by atoms with E-state index in [9.17, 15) is 9.90 Å². The number of fused-ring (bicyclic) bond motifs is 1. The van der Waals surface area contributed by atoms with E-state index in [0.717, 1.165) is 25.7 Å². The number of aromatic nitrogens is 2. The quantitative estimate of drug-likeness (QED) is 0.733. The first-order chi connectivity index (χ1) is 10.1. The van der Waals surface area contributed by atoms with Crippen molar-refractivity contribution in [2.45, 2.75) is 37.8 Å². The summed E-state index contributed by atoms with van der Waals surface area (Å²) in [5.74, 6) is 0.353. The molecule has 1 fully saturated rings. The van der Waals surface area contributed by atoms with Gasteiger partial charge in [-0.1, -0.05) is 37.2 Å². The maximum absolute atomic E-state index is 12.0. The molecule has 6 heteroatoms. The SMILES string of the molecule is O=c1[nH]c(C(=S)NC2CCCCC2O)nc2ccccc12. The number of para-hydroxylation sites is 1. The van der Waals surface area contributed by atoms with E-state index in [-0.39, 0.29) is 11.6 Å². The number of rotatable bonds is 2. The molecule has 0 amide bonds. The molecule has 0 saturated heterocycles. The van der Waals surface area contributed by atoms with E-state index in [0.29, 0.717) is 21.7 Å². The second-order valence-corrected chi connectivity index (χ2v) is 5.77. The minimum absolute atomic E-state index is 0.0666. The van der Waals surface area contributed by atoms with Crippen molar-refractivity contribution < 1.29 is 5.11 Å². The van der Waals surface area contributed by atoms with Crippen LogP contribution in [-0.2, 0) is 0 Å². The zero-order valence-electron chi connectivity index (χ0n) is 11.5. The third-order valence-electron chi connectivity index (χ3n) is 3.87. The van der Waals surface area contributed by atoms with Crippen LogP contribution in [0.15, 0.2) is 29.1 Å². The van der Waals surface area contributed by atoms with E-state index in [4.69, 9.17) is 12.2 Å². The number of hydrogen-bond donors (Lipinski definition) is 3. The van der Waals surface area contributed by atoms with Gasteiger partial charge in [0.05, 0.1) is 23.0 Å². The molecule has 3 N–H and O–H groups in total. The zero-order valence-corrected chi connectivity index (χ0v) is 12.3. The van der Waals surface area contributed by atoms with Crippen LogP contribution < -0.4 is 10.9 Å². The summed E-state index contributed by atoms with van der Waals surface area (Å²) >= 11 is 5.32. The molecule has 21 heavy (non-hydrogen) atoms. The van der Waals surface area contributed by atoms with Crippen molar-refractivity contribution in [1.29, 1.82) is 0 Å². The minimum atomic E-state index is -0.399. The average molecular weight is 303 g/mol. The van der Waals surface area contributed by atoms with Gasteiger partial charge in [-0.05, 0) is 25.0 Å². The van der Waals surface area contributed by atoms with E-state index in [2.05, 4.69) is 15.3 Å². The lowest BCUT2D eigenvalue weighted by atomic mass is 9.92. The Balaban J connectivity index is 1.86. The van der Waals surface area contributed by atoms with Gasteiger partial charge in [0.25, 0.3) is 5.56 Å². The fourth-order valence-corrected chi connectivity index (χ4v) is 2.96. The molecule has 2 aromatic rings. The fraction of sp³-hybridized carbons (Fsp3) is 0.400. The van der Waals surface area contributed by atoms with Crippen LogP contribution in [-0.4, -0.2) is 32.2 Å². The Morgan fingerprint density at radius 3 is 2.90 bits per heavy atom. The van der Waals surface area contributed by atoms with Gasteiger partial charge in [-0.15, -0.1) is 0 Å². The normalized spacial score (nSPS) is 22.1. The summed E-state index contributed by atoms with van der Waals surface area (Å²) in [5.41, 5.74) is 0.411. The molecule has 0 spiro atoms. The topological polar surface area (TPSA) is 78.0 Å². The highest BCUT2D eigenvalue weighted by atomic mass is 32.1. The summed E-state index contributed by atoms with van der Waals surface area (Å²) in [7, 11) is 0. The first kappa shape index (κ1) is 14.2. The van der Waals surface area contributed by atoms with Gasteiger partial charge < -0.3 is 15.4 Å². The predicted molar refractivity (Wildman–Crippen MR) is 85.5 cm³/mol. The third-order valence-corrected chi connectivity index (χ3v) is 4.19. The van der Waals surface area contributed by atoms with E-state index in [1.165, 1.54) is 0 Å². The number of aliphatic hydroxyl groups is 1. The summed E-state index contributed by atoms with van der Waals surface area (Å²) < 4.78 is 0. The Morgan fingerprint density at radius 1 is 1.33 bits per heavy atom. The van der Waals surface area contributed by atoms with Gasteiger partial charge in [-0.3, -0.25) is 4.79 Å². The summed E-state index contributed by atoms with van der Waals surface area (Å²) in [4.78, 5) is 19.5. The van der Waals surface area contributed by atoms with Crippen molar-refractivity contribution in [3.8, 4) is 0 Å². The highest BCUT2D eigenvalue weighted by Crippen LogP contribution is 2.18. The summed E-state index contributed by atoms with van der Waals surface area (Å²) in [6, 6.07) is 7.08. The van der Waals surface area contributed by atoms with Gasteiger partial charge in [0, 0.05) is 0 Å². The molecule has 1 aliphatic carbocycles. The molecule has 2 unspecified atom stereocenters. The Labute approximate surface area is 127 Å². The molecule has 5 nitrogen and oxygen atoms in total. The predicted octanol–water partition coefficient (Wildman–Crippen LogP) is 1.49. The molecular weight excluding hydrogens is 286 g/mol. The van der Waals surface area contributed by atoms with Gasteiger partial charge >= 0.3 is 0 Å². The number of aromatic amines is 1. The number of H-pyrrole nitrogens is 1. The Morgan fingerprint density at radius 2 is 2.10 bits per heavy atom. The number of nitrogens with one attached hydrogen (secondary N) is 2. The molecule has 2 atom stereocenters. The molecule has 1 aromatic heterocycles. The molecule has 0 aliphatic heterocycles. The van der Waals surface area contributed by atoms with Gasteiger partial charge in [-0.25, -0.2) is 4.98 Å². The van der Waals surface area contributed by atoms with Crippen LogP contribution in [0, 0.1) is 0 Å². The Kier molecular flexibility index (Phi) is 3.98. The highest BCUT2D eigenvalue weighted by molar-refractivity contribution is 7.80. The van der Waals surface area contributed by atoms with Crippen LogP contribution in [0.2, 0.25) is 0 Å². The number of benzene rings is 1. The van der Waals surface area contributed by atoms with Crippen molar-refractivity contribution in [2.24, 2.45) is 0 Å². The van der Waals surface area contributed by atoms with Gasteiger partial charge in [0.2, 0.25) is 0 Å². The molecule has 110 valence electrons. The second-order valence-electron chi connectivity index (χ2n) is 5.36. The van der Waals surface area contributed by atoms with Gasteiger partial charge in [0.1, 0.15) is 4.99 Å². The van der Waals surface area contributed by atoms with Crippen LogP contribution in [0.4, 0.5) is 0 Å². The lowest BCUT2D eigenvalue weighted by molar-refractivity contribution is 0.100. The molecule has 1 heterocycles. The third kappa shape index (κ3) is 2.96. The van der Waals surface area contributed by atoms with Crippen LogP contribution in [0.1, 0.15) is 31.5 Å². The van der Waals surface area contributed by atoms with Crippen LogP contribution in [0.5, 0.6) is 0 Å². The van der Waals surface area contributed by atoms with Crippen LogP contribution in [0.25, 0.3) is 10.9 Å². The van der Waals surface area contributed by atoms with Gasteiger partial charge in [0.15, 0.2) is 5.82 Å². The maximum atomic E-state index is 12.0. The van der Waals surface area contributed by atoms with E-state index >= 15 is 0 Å². The summed E-state index contributed by atoms with van der Waals surface area (Å²) in [6.07, 6.45) is 3.36. The number of aliphatic hydroxyl groups excluding tert-OH is 1. The lowest BCUT2D eigenvalue weighted by Crippen LogP contribution is -2.45. The fourth-order valence-electron chi connectivity index (χ4n) is 2.71. The molecule has 0 radical (unpaired) electrons. The Hall–Kier alpha value is -1.79. The molecule has 0 bridgehead atoms. The first-order valence-corrected chi connectivity index (χ1v) is 7.54. The lowest BCUT2D eigenvalue weighted by Gasteiger charge is -2.29. The van der Waals surface area contributed by atoms with E-state index in [1.54, 1.807) is 18.2 Å². The Bertz CT molecular complexity index is 728. The van der Waals surface area contributed by atoms with Crippen molar-refractivity contribution in [3.63, 3.8) is 0 Å². The molecule has 3 rings (SSSR count). The van der Waals surface area contributed by atoms with Crippen molar-refractivity contribution in [1.82, 2.24) is 15.3 Å². The number of nitrogens with zero attached hydrogens (tertiary/aromatic N) is 1. The van der Waals surface area contributed by atoms with E-state index < -0.39 is 6.10 Å². The standard InChI is InChI=1S/C15H17N3O2S/c19-12-8-4-3-7-11(12)17-15(21)13-16-10-6-2-1-5-9(10)14(20)18-13/h1-2,5-6,11-12,19H,3-4,7-8H2,(H,17,21)(H,16,18,20). The molecule has 1 aromatic carbocycles. The zero-order chi connectivity index (χ0) is 14.8. The van der Waals surface area contributed by atoms with E-state index in [1.807, 2.05) is 6.07 Å². The maximum Gasteiger partial charge on any atom is 0.259 e. The number of thiocarbonyl (C=S) groups is 1. The van der Waals surface area contributed by atoms with Crippen molar-refractivity contribution in [3.05, 3.63) is 40.4 Å². The largest absolute Gasteiger partial charge is 0.391 e. The molecular formula is C15H17N3O2S. The van der Waals surface area contributed by atoms with Crippen LogP contribution >= 0.6 is 12.2 Å². The second kappa shape index (κ2) is 5.91. The van der Waals surface area contributed by atoms with Gasteiger partial charge in [-0.2, -0.15) is 0 Å². The smallest absolute Gasteiger partial charge is 0.259 e. The van der Waals surface area contributed by atoms with Crippen molar-refractivity contribution in [2.75, 3.05) is 0 Å². The highest BCUT2D eigenvalue weighted by Gasteiger charge is 2.24.